The molecule has 1 unspecified atom stereocenters. The van der Waals surface area contributed by atoms with Crippen molar-refractivity contribution in [3.8, 4) is 0 Å². The number of ether oxygens (including phenoxy) is 1. The number of aromatic nitrogens is 3. The molecule has 0 radical (unpaired) electrons. The highest BCUT2D eigenvalue weighted by molar-refractivity contribution is 9.11. The molecular weight excluding hydrogens is 530 g/mol. The van der Waals surface area contributed by atoms with E-state index in [4.69, 9.17) is 15.6 Å². The second-order valence-electron chi connectivity index (χ2n) is 7.91. The Morgan fingerprint density at radius 1 is 1.35 bits per heavy atom. The molecule has 1 aliphatic heterocycles. The van der Waals surface area contributed by atoms with Crippen LogP contribution in [0.4, 0.5) is 21.3 Å². The zero-order valence-corrected chi connectivity index (χ0v) is 21.3. The largest absolute Gasteiger partial charge is 0.465 e. The average Bonchev–Trinajstić information content (AvgIpc) is 3.34. The number of piperidine rings is 1. The van der Waals surface area contributed by atoms with Gasteiger partial charge in [-0.25, -0.2) is 9.78 Å². The Morgan fingerprint density at radius 3 is 2.71 bits per heavy atom. The number of hydrogen-bond acceptors (Lipinski definition) is 9. The summed E-state index contributed by atoms with van der Waals surface area (Å²) in [6.07, 6.45) is 3.38. The number of nitrogens with one attached hydrogen (secondary N) is 2. The maximum absolute atomic E-state index is 12.9. The van der Waals surface area contributed by atoms with Crippen molar-refractivity contribution < 1.29 is 24.2 Å². The number of carboxylic acid groups (broad SMARTS) is 1. The van der Waals surface area contributed by atoms with E-state index in [1.54, 1.807) is 11.7 Å². The molecule has 0 aliphatic carbocycles. The summed E-state index contributed by atoms with van der Waals surface area (Å²) < 4.78 is 7.30. The summed E-state index contributed by atoms with van der Waals surface area (Å²) in [6.45, 7) is 3.66. The number of carbonyl (C=O) groups excluding carboxylic acids is 2. The van der Waals surface area contributed by atoms with Crippen molar-refractivity contribution in [2.24, 2.45) is 18.7 Å². The van der Waals surface area contributed by atoms with Crippen LogP contribution in [0.5, 0.6) is 0 Å². The van der Waals surface area contributed by atoms with Gasteiger partial charge < -0.3 is 25.8 Å². The van der Waals surface area contributed by atoms with Crippen molar-refractivity contribution in [1.29, 1.82) is 0 Å². The van der Waals surface area contributed by atoms with Crippen LogP contribution in [-0.4, -0.2) is 63.6 Å². The lowest BCUT2D eigenvalue weighted by Crippen LogP contribution is -2.46. The van der Waals surface area contributed by atoms with Gasteiger partial charge in [-0.1, -0.05) is 24.7 Å². The van der Waals surface area contributed by atoms with Gasteiger partial charge in [0.25, 0.3) is 5.91 Å². The van der Waals surface area contributed by atoms with Gasteiger partial charge in [-0.3, -0.25) is 19.6 Å². The number of esters is 1. The fraction of sp³-hybridized carbons (Fsp3) is 0.550. The molecule has 14 heteroatoms. The summed E-state index contributed by atoms with van der Waals surface area (Å²) in [5.41, 5.74) is 6.58. The van der Waals surface area contributed by atoms with Crippen molar-refractivity contribution in [1.82, 2.24) is 14.8 Å². The topological polar surface area (TPSA) is 165 Å². The number of nitrogens with zero attached hydrogens (tertiary/aromatic N) is 4. The second-order valence-corrected chi connectivity index (χ2v) is 10.2. The van der Waals surface area contributed by atoms with E-state index >= 15 is 0 Å². The Labute approximate surface area is 209 Å². The molecule has 3 rings (SSSR count). The lowest BCUT2D eigenvalue weighted by Gasteiger charge is -2.35. The van der Waals surface area contributed by atoms with Crippen molar-refractivity contribution in [3.05, 3.63) is 15.8 Å². The predicted octanol–water partition coefficient (Wildman–Crippen LogP) is 2.87. The number of rotatable bonds is 9. The molecule has 1 aliphatic rings. The summed E-state index contributed by atoms with van der Waals surface area (Å²) >= 11 is 4.18. The molecule has 12 nitrogen and oxygen atoms in total. The summed E-state index contributed by atoms with van der Waals surface area (Å²) in [5, 5.41) is 18.3. The number of nitrogens with two attached hydrogens (primary N) is 1. The maximum Gasteiger partial charge on any atom is 0.409 e. The molecule has 0 aromatic carbocycles. The highest BCUT2D eigenvalue weighted by Gasteiger charge is 2.32. The van der Waals surface area contributed by atoms with Gasteiger partial charge in [-0.15, -0.1) is 0 Å². The summed E-state index contributed by atoms with van der Waals surface area (Å²) in [6, 6.07) is -0.659. The maximum atomic E-state index is 12.9. The number of amides is 2. The molecule has 1 fully saturated rings. The van der Waals surface area contributed by atoms with Gasteiger partial charge in [-0.2, -0.15) is 5.10 Å². The van der Waals surface area contributed by atoms with Crippen molar-refractivity contribution in [3.63, 3.8) is 0 Å². The van der Waals surface area contributed by atoms with Crippen LogP contribution >= 0.6 is 27.3 Å². The first kappa shape index (κ1) is 25.9. The molecule has 1 saturated heterocycles. The molecule has 5 N–H and O–H groups in total. The molecule has 0 saturated carbocycles. The van der Waals surface area contributed by atoms with Gasteiger partial charge in [0.2, 0.25) is 0 Å². The first-order chi connectivity index (χ1) is 16.2. The number of thiazole rings is 1. The van der Waals surface area contributed by atoms with Gasteiger partial charge in [0, 0.05) is 20.1 Å². The van der Waals surface area contributed by atoms with Gasteiger partial charge >= 0.3 is 12.1 Å². The van der Waals surface area contributed by atoms with Crippen LogP contribution in [-0.2, 0) is 16.6 Å². The summed E-state index contributed by atoms with van der Waals surface area (Å²) in [5.74, 6) is -0.214. The monoisotopic (exact) mass is 557 g/mol. The second kappa shape index (κ2) is 11.6. The van der Waals surface area contributed by atoms with Crippen LogP contribution < -0.4 is 21.3 Å². The molecular formula is C20H28BrN7O5S. The Bertz CT molecular complexity index is 1030. The summed E-state index contributed by atoms with van der Waals surface area (Å²) in [7, 11) is 1.77. The normalized spacial score (nSPS) is 15.1. The Balaban J connectivity index is 1.65. The zero-order valence-electron chi connectivity index (χ0n) is 18.9. The zero-order chi connectivity index (χ0) is 24.8. The molecule has 2 aromatic heterocycles. The fourth-order valence-corrected chi connectivity index (χ4v) is 5.12. The smallest absolute Gasteiger partial charge is 0.409 e. The highest BCUT2D eigenvalue weighted by atomic mass is 79.9. The van der Waals surface area contributed by atoms with E-state index in [1.165, 1.54) is 6.20 Å². The van der Waals surface area contributed by atoms with E-state index in [0.29, 0.717) is 48.0 Å². The van der Waals surface area contributed by atoms with Gasteiger partial charge in [-0.05, 0) is 41.1 Å². The number of halogens is 1. The van der Waals surface area contributed by atoms with E-state index in [2.05, 4.69) is 41.5 Å². The third-order valence-electron chi connectivity index (χ3n) is 5.55. The Hall–Kier alpha value is -2.71. The number of carbonyl (C=O) groups is 3. The molecule has 2 aromatic rings. The molecule has 0 spiro atoms. The summed E-state index contributed by atoms with van der Waals surface area (Å²) in [4.78, 5) is 42.2. The van der Waals surface area contributed by atoms with Crippen molar-refractivity contribution in [2.75, 3.05) is 35.2 Å². The van der Waals surface area contributed by atoms with Crippen LogP contribution in [0, 0.1) is 5.92 Å². The van der Waals surface area contributed by atoms with E-state index in [1.807, 2.05) is 6.92 Å². The van der Waals surface area contributed by atoms with Crippen LogP contribution in [0.3, 0.4) is 0 Å². The van der Waals surface area contributed by atoms with Gasteiger partial charge in [0.1, 0.15) is 16.7 Å². The number of anilines is 3. The average molecular weight is 558 g/mol. The van der Waals surface area contributed by atoms with E-state index < -0.39 is 18.0 Å². The van der Waals surface area contributed by atoms with Gasteiger partial charge in [0.05, 0.1) is 12.8 Å². The van der Waals surface area contributed by atoms with Crippen LogP contribution in [0.15, 0.2) is 10.1 Å². The van der Waals surface area contributed by atoms with Crippen molar-refractivity contribution in [2.45, 2.75) is 38.6 Å². The molecule has 1 atom stereocenters. The van der Waals surface area contributed by atoms with Crippen molar-refractivity contribution >= 4 is 61.7 Å². The van der Waals surface area contributed by atoms with E-state index in [0.717, 1.165) is 24.2 Å². The molecule has 2 amide bonds. The molecule has 0 bridgehead atoms. The number of unbranched alkanes of at least 4 members (excludes halogenated alkanes) is 1. The first-order valence-corrected chi connectivity index (χ1v) is 12.5. The standard InChI is InChI=1S/C20H28BrN7O5S/c1-3-4-9-33-18(30)13(22)11-5-7-28(8-6-11)17-12(10-23-27(17)2)24-15(29)14-16(26-20(31)32)34-19(21)25-14/h10-11,13,26H,3-9,22H2,1-2H3,(H,24,29)(H,31,32). The van der Waals surface area contributed by atoms with E-state index in [9.17, 15) is 14.4 Å². The lowest BCUT2D eigenvalue weighted by molar-refractivity contribution is -0.146. The number of hydrogen-bond donors (Lipinski definition) is 4. The molecule has 34 heavy (non-hydrogen) atoms. The minimum atomic E-state index is -1.29. The minimum absolute atomic E-state index is 0.00801. The van der Waals surface area contributed by atoms with Crippen LogP contribution in [0.2, 0.25) is 0 Å². The van der Waals surface area contributed by atoms with Crippen LogP contribution in [0.1, 0.15) is 43.1 Å². The van der Waals surface area contributed by atoms with Gasteiger partial charge in [0.15, 0.2) is 15.4 Å². The quantitative estimate of drug-likeness (QED) is 0.268. The highest BCUT2D eigenvalue weighted by Crippen LogP contribution is 2.33. The molecule has 186 valence electrons. The third kappa shape index (κ3) is 6.24. The van der Waals surface area contributed by atoms with Crippen LogP contribution in [0.25, 0.3) is 0 Å². The lowest BCUT2D eigenvalue weighted by atomic mass is 9.90. The molecule has 3 heterocycles. The fourth-order valence-electron chi connectivity index (χ4n) is 3.78. The Morgan fingerprint density at radius 2 is 2.06 bits per heavy atom. The predicted molar refractivity (Wildman–Crippen MR) is 131 cm³/mol. The van der Waals surface area contributed by atoms with E-state index in [-0.39, 0.29) is 22.6 Å². The Kier molecular flexibility index (Phi) is 8.85. The SMILES string of the molecule is CCCCOC(=O)C(N)C1CCN(c2c(NC(=O)c3nc(Br)sc3NC(=O)O)cnn2C)CC1. The minimum Gasteiger partial charge on any atom is -0.465 e. The first-order valence-electron chi connectivity index (χ1n) is 10.9. The number of aryl methyl sites for hydroxylation is 1. The third-order valence-corrected chi connectivity index (χ3v) is 6.98.